The van der Waals surface area contributed by atoms with E-state index < -0.39 is 22.0 Å². The lowest BCUT2D eigenvalue weighted by atomic mass is 9.84. The van der Waals surface area contributed by atoms with Gasteiger partial charge in [-0.3, -0.25) is 9.10 Å². The number of amides is 1. The molecule has 0 aromatic heterocycles. The van der Waals surface area contributed by atoms with Gasteiger partial charge in [-0.2, -0.15) is 0 Å². The highest BCUT2D eigenvalue weighted by atomic mass is 32.2. The van der Waals surface area contributed by atoms with Gasteiger partial charge in [0.15, 0.2) is 0 Å². The molecular weight excluding hydrogens is 368 g/mol. The SMILES string of the molecule is O=C(O)[C@@H]1C[C@@H]2CCCC[C@@H]2N1C(=O)c1ccc(N2CCCS2(=O)=O)cc1. The second-order valence-corrected chi connectivity index (χ2v) is 9.72. The number of sulfonamides is 1. The maximum atomic E-state index is 13.1. The highest BCUT2D eigenvalue weighted by molar-refractivity contribution is 7.93. The van der Waals surface area contributed by atoms with E-state index in [4.69, 9.17) is 0 Å². The largest absolute Gasteiger partial charge is 0.480 e. The summed E-state index contributed by atoms with van der Waals surface area (Å²) in [6.07, 6.45) is 5.06. The Morgan fingerprint density at radius 3 is 2.37 bits per heavy atom. The highest BCUT2D eigenvalue weighted by Gasteiger charge is 2.47. The molecule has 1 aliphatic carbocycles. The van der Waals surface area contributed by atoms with Crippen LogP contribution in [-0.4, -0.2) is 54.7 Å². The van der Waals surface area contributed by atoms with Gasteiger partial charge in [0, 0.05) is 18.2 Å². The van der Waals surface area contributed by atoms with Crippen molar-refractivity contribution in [1.29, 1.82) is 0 Å². The van der Waals surface area contributed by atoms with Gasteiger partial charge in [0.05, 0.1) is 11.4 Å². The molecule has 0 radical (unpaired) electrons. The fraction of sp³-hybridized carbons (Fsp3) is 0.579. The van der Waals surface area contributed by atoms with Crippen LogP contribution in [0.25, 0.3) is 0 Å². The predicted octanol–water partition coefficient (Wildman–Crippen LogP) is 2.08. The molecule has 0 spiro atoms. The normalized spacial score (nSPS) is 29.6. The number of likely N-dealkylation sites (tertiary alicyclic amines) is 1. The van der Waals surface area contributed by atoms with Crippen LogP contribution in [0.4, 0.5) is 5.69 Å². The van der Waals surface area contributed by atoms with Crippen molar-refractivity contribution in [2.24, 2.45) is 5.92 Å². The van der Waals surface area contributed by atoms with Crippen molar-refractivity contribution in [3.05, 3.63) is 29.8 Å². The maximum absolute atomic E-state index is 13.1. The fourth-order valence-corrected chi connectivity index (χ4v) is 6.39. The van der Waals surface area contributed by atoms with E-state index >= 15 is 0 Å². The fourth-order valence-electron chi connectivity index (χ4n) is 4.82. The van der Waals surface area contributed by atoms with Crippen molar-refractivity contribution < 1.29 is 23.1 Å². The highest BCUT2D eigenvalue weighted by Crippen LogP contribution is 2.40. The lowest BCUT2D eigenvalue weighted by Gasteiger charge is -2.33. The van der Waals surface area contributed by atoms with E-state index in [1.165, 1.54) is 4.31 Å². The Kier molecular flexibility index (Phi) is 4.61. The Morgan fingerprint density at radius 2 is 1.74 bits per heavy atom. The monoisotopic (exact) mass is 392 g/mol. The number of rotatable bonds is 3. The first-order valence-electron chi connectivity index (χ1n) is 9.54. The van der Waals surface area contributed by atoms with E-state index in [9.17, 15) is 23.1 Å². The van der Waals surface area contributed by atoms with Gasteiger partial charge in [0.25, 0.3) is 5.91 Å². The minimum atomic E-state index is -3.26. The van der Waals surface area contributed by atoms with Crippen molar-refractivity contribution in [2.45, 2.75) is 50.6 Å². The van der Waals surface area contributed by atoms with E-state index in [0.29, 0.717) is 30.6 Å². The van der Waals surface area contributed by atoms with Gasteiger partial charge >= 0.3 is 5.97 Å². The van der Waals surface area contributed by atoms with E-state index in [2.05, 4.69) is 0 Å². The average molecular weight is 392 g/mol. The first-order valence-corrected chi connectivity index (χ1v) is 11.2. The van der Waals surface area contributed by atoms with Crippen molar-refractivity contribution >= 4 is 27.6 Å². The minimum absolute atomic E-state index is 0.00835. The van der Waals surface area contributed by atoms with Crippen LogP contribution in [-0.2, 0) is 14.8 Å². The zero-order valence-electron chi connectivity index (χ0n) is 15.1. The number of fused-ring (bicyclic) bond motifs is 1. The van der Waals surface area contributed by atoms with Gasteiger partial charge in [-0.15, -0.1) is 0 Å². The van der Waals surface area contributed by atoms with E-state index in [1.54, 1.807) is 29.2 Å². The Labute approximate surface area is 159 Å². The van der Waals surface area contributed by atoms with E-state index in [-0.39, 0.29) is 23.6 Å². The average Bonchev–Trinajstić information content (AvgIpc) is 3.21. The third-order valence-electron chi connectivity index (χ3n) is 6.11. The van der Waals surface area contributed by atoms with Crippen molar-refractivity contribution in [1.82, 2.24) is 4.90 Å². The molecule has 8 heteroatoms. The van der Waals surface area contributed by atoms with Crippen LogP contribution in [0, 0.1) is 5.92 Å². The molecule has 1 amide bonds. The number of hydrogen-bond donors (Lipinski definition) is 1. The Morgan fingerprint density at radius 1 is 1.04 bits per heavy atom. The smallest absolute Gasteiger partial charge is 0.326 e. The topological polar surface area (TPSA) is 95.0 Å². The van der Waals surface area contributed by atoms with Gasteiger partial charge in [0.1, 0.15) is 6.04 Å². The minimum Gasteiger partial charge on any atom is -0.480 e. The molecule has 1 N–H and O–H groups in total. The molecule has 4 rings (SSSR count). The summed E-state index contributed by atoms with van der Waals surface area (Å²) < 4.78 is 25.5. The first kappa shape index (κ1) is 18.3. The van der Waals surface area contributed by atoms with Gasteiger partial charge in [-0.25, -0.2) is 13.2 Å². The summed E-state index contributed by atoms with van der Waals surface area (Å²) in [7, 11) is -3.26. The third-order valence-corrected chi connectivity index (χ3v) is 7.98. The predicted molar refractivity (Wildman–Crippen MR) is 100 cm³/mol. The maximum Gasteiger partial charge on any atom is 0.326 e. The molecule has 2 aliphatic heterocycles. The second kappa shape index (κ2) is 6.82. The number of anilines is 1. The summed E-state index contributed by atoms with van der Waals surface area (Å²) >= 11 is 0. The molecular formula is C19H24N2O5S. The molecule has 27 heavy (non-hydrogen) atoms. The summed E-state index contributed by atoms with van der Waals surface area (Å²) in [6.45, 7) is 0.451. The molecule has 0 unspecified atom stereocenters. The first-order chi connectivity index (χ1) is 12.9. The second-order valence-electron chi connectivity index (χ2n) is 7.70. The molecule has 2 heterocycles. The molecule has 146 valence electrons. The lowest BCUT2D eigenvalue weighted by Crippen LogP contribution is -2.46. The zero-order valence-corrected chi connectivity index (χ0v) is 15.9. The van der Waals surface area contributed by atoms with Gasteiger partial charge in [-0.1, -0.05) is 12.8 Å². The Bertz CT molecular complexity index is 851. The number of hydrogen-bond acceptors (Lipinski definition) is 4. The molecule has 3 fully saturated rings. The van der Waals surface area contributed by atoms with Crippen LogP contribution < -0.4 is 4.31 Å². The number of nitrogens with zero attached hydrogens (tertiary/aromatic N) is 2. The molecule has 1 aromatic rings. The molecule has 0 bridgehead atoms. The van der Waals surface area contributed by atoms with Crippen LogP contribution in [0.3, 0.4) is 0 Å². The van der Waals surface area contributed by atoms with Crippen LogP contribution >= 0.6 is 0 Å². The molecule has 3 atom stereocenters. The summed E-state index contributed by atoms with van der Waals surface area (Å²) in [5, 5.41) is 9.60. The van der Waals surface area contributed by atoms with Crippen molar-refractivity contribution in [3.63, 3.8) is 0 Å². The molecule has 2 saturated heterocycles. The summed E-state index contributed by atoms with van der Waals surface area (Å²) in [5.41, 5.74) is 0.962. The number of aliphatic carboxylic acids is 1. The van der Waals surface area contributed by atoms with Gasteiger partial charge < -0.3 is 10.0 Å². The van der Waals surface area contributed by atoms with Crippen molar-refractivity contribution in [2.75, 3.05) is 16.6 Å². The zero-order chi connectivity index (χ0) is 19.2. The van der Waals surface area contributed by atoms with E-state index in [0.717, 1.165) is 25.7 Å². The van der Waals surface area contributed by atoms with Crippen LogP contribution in [0.2, 0.25) is 0 Å². The van der Waals surface area contributed by atoms with Crippen LogP contribution in [0.5, 0.6) is 0 Å². The molecule has 3 aliphatic rings. The number of benzene rings is 1. The molecule has 7 nitrogen and oxygen atoms in total. The molecule has 1 aromatic carbocycles. The summed E-state index contributed by atoms with van der Waals surface area (Å²) in [5.74, 6) is -0.812. The van der Waals surface area contributed by atoms with Gasteiger partial charge in [0.2, 0.25) is 10.0 Å². The third kappa shape index (κ3) is 3.20. The standard InChI is InChI=1S/C19H24N2O5S/c22-18(21-16-5-2-1-4-14(16)12-17(21)19(23)24)13-6-8-15(9-7-13)20-10-3-11-27(20,25)26/h6-9,14,16-17H,1-5,10-12H2,(H,23,24)/t14-,16-,17-/m0/s1. The summed E-state index contributed by atoms with van der Waals surface area (Å²) in [4.78, 5) is 26.4. The Hall–Kier alpha value is -2.09. The van der Waals surface area contributed by atoms with Gasteiger partial charge in [-0.05, 0) is 55.9 Å². The van der Waals surface area contributed by atoms with Crippen LogP contribution in [0.15, 0.2) is 24.3 Å². The van der Waals surface area contributed by atoms with E-state index in [1.807, 2.05) is 0 Å². The van der Waals surface area contributed by atoms with Crippen LogP contribution in [0.1, 0.15) is 48.9 Å². The number of carbonyl (C=O) groups is 2. The summed E-state index contributed by atoms with van der Waals surface area (Å²) in [6, 6.07) is 5.72. The quantitative estimate of drug-likeness (QED) is 0.850. The number of carboxylic acids is 1. The van der Waals surface area contributed by atoms with Crippen molar-refractivity contribution in [3.8, 4) is 0 Å². The Balaban J connectivity index is 1.59. The lowest BCUT2D eigenvalue weighted by molar-refractivity contribution is -0.141. The number of carboxylic acid groups (broad SMARTS) is 1. The molecule has 1 saturated carbocycles. The number of carbonyl (C=O) groups excluding carboxylic acids is 1.